The Kier molecular flexibility index (Phi) is 3.97. The second kappa shape index (κ2) is 6.88. The fourth-order valence-corrected chi connectivity index (χ4v) is 4.20. The molecule has 1 aromatic carbocycles. The van der Waals surface area contributed by atoms with Gasteiger partial charge < -0.3 is 14.6 Å². The van der Waals surface area contributed by atoms with Gasteiger partial charge in [-0.25, -0.2) is 9.97 Å². The molecule has 5 heterocycles. The van der Waals surface area contributed by atoms with E-state index in [2.05, 4.69) is 66.0 Å². The average Bonchev–Trinajstić information content (AvgIpc) is 3.46. The number of aromatic nitrogens is 5. The Morgan fingerprint density at radius 3 is 2.81 bits per heavy atom. The van der Waals surface area contributed by atoms with E-state index in [0.717, 1.165) is 44.9 Å². The van der Waals surface area contributed by atoms with Gasteiger partial charge >= 0.3 is 0 Å². The van der Waals surface area contributed by atoms with Crippen molar-refractivity contribution in [2.75, 3.05) is 23.3 Å². The van der Waals surface area contributed by atoms with E-state index in [1.165, 1.54) is 0 Å². The summed E-state index contributed by atoms with van der Waals surface area (Å²) in [6.45, 7) is 3.09. The van der Waals surface area contributed by atoms with Gasteiger partial charge in [-0.05, 0) is 36.8 Å². The van der Waals surface area contributed by atoms with Gasteiger partial charge in [-0.2, -0.15) is 10.0 Å². The lowest BCUT2D eigenvalue weighted by molar-refractivity contribution is 0.365. The average molecular weight is 424 g/mol. The predicted octanol–water partition coefficient (Wildman–Crippen LogP) is 4.36. The van der Waals surface area contributed by atoms with Crippen molar-refractivity contribution in [3.05, 3.63) is 72.3 Å². The number of pyridine rings is 2. The van der Waals surface area contributed by atoms with Crippen LogP contribution in [0.2, 0.25) is 0 Å². The number of rotatable bonds is 5. The first-order valence-electron chi connectivity index (χ1n) is 10.3. The van der Waals surface area contributed by atoms with Gasteiger partial charge in [0, 0.05) is 42.6 Å². The van der Waals surface area contributed by atoms with E-state index in [1.807, 2.05) is 42.0 Å². The summed E-state index contributed by atoms with van der Waals surface area (Å²) in [4.78, 5) is 22.0. The highest BCUT2D eigenvalue weighted by Crippen LogP contribution is 2.32. The monoisotopic (exact) mass is 424 g/mol. The highest BCUT2D eigenvalue weighted by atomic mass is 16.3. The molecule has 6 rings (SSSR count). The maximum absolute atomic E-state index is 10.9. The van der Waals surface area contributed by atoms with Crippen LogP contribution in [0, 0.1) is 4.91 Å². The molecule has 9 nitrogen and oxygen atoms in total. The fourth-order valence-electron chi connectivity index (χ4n) is 4.20. The maximum atomic E-state index is 10.9. The molecule has 0 amide bonds. The van der Waals surface area contributed by atoms with Crippen molar-refractivity contribution < 1.29 is 0 Å². The molecule has 0 unspecified atom stereocenters. The summed E-state index contributed by atoms with van der Waals surface area (Å²) < 4.78 is 2.00. The van der Waals surface area contributed by atoms with Crippen molar-refractivity contribution in [1.29, 1.82) is 0 Å². The molecule has 0 radical (unpaired) electrons. The number of H-pyrrole nitrogens is 1. The number of hydrogen-bond donors (Lipinski definition) is 2. The molecule has 2 N–H and O–H groups in total. The summed E-state index contributed by atoms with van der Waals surface area (Å²) in [5.74, 6) is 0.719. The van der Waals surface area contributed by atoms with Crippen molar-refractivity contribution in [1.82, 2.24) is 24.6 Å². The number of nitrogens with one attached hydrogen (secondary N) is 2. The van der Waals surface area contributed by atoms with Crippen molar-refractivity contribution in [3.8, 4) is 11.1 Å². The zero-order valence-corrected chi connectivity index (χ0v) is 17.4. The molecule has 158 valence electrons. The summed E-state index contributed by atoms with van der Waals surface area (Å²) in [6.07, 6.45) is 9.39. The molecule has 0 bridgehead atoms. The Hall–Kier alpha value is -4.27. The first-order chi connectivity index (χ1) is 15.6. The third kappa shape index (κ3) is 3.06. The van der Waals surface area contributed by atoms with Crippen LogP contribution in [0.1, 0.15) is 6.92 Å². The highest BCUT2D eigenvalue weighted by molar-refractivity contribution is 5.86. The van der Waals surface area contributed by atoms with E-state index in [-0.39, 0.29) is 0 Å². The van der Waals surface area contributed by atoms with Gasteiger partial charge in [0.25, 0.3) is 0 Å². The zero-order valence-electron chi connectivity index (χ0n) is 17.4. The fraction of sp³-hybridized carbons (Fsp3) is 0.174. The molecule has 0 spiro atoms. The molecule has 32 heavy (non-hydrogen) atoms. The lowest BCUT2D eigenvalue weighted by atomic mass is 9.93. The van der Waals surface area contributed by atoms with Crippen molar-refractivity contribution in [3.63, 3.8) is 0 Å². The van der Waals surface area contributed by atoms with Crippen molar-refractivity contribution >= 4 is 33.7 Å². The Labute approximate surface area is 183 Å². The van der Waals surface area contributed by atoms with E-state index in [9.17, 15) is 4.91 Å². The summed E-state index contributed by atoms with van der Waals surface area (Å²) >= 11 is 0. The van der Waals surface area contributed by atoms with Crippen molar-refractivity contribution in [2.24, 2.45) is 5.18 Å². The molecule has 0 atom stereocenters. The highest BCUT2D eigenvalue weighted by Gasteiger charge is 2.40. The molecule has 0 saturated carbocycles. The number of hydrogen-bond acceptors (Lipinski definition) is 7. The van der Waals surface area contributed by atoms with Gasteiger partial charge in [0.05, 0.1) is 29.3 Å². The topological polar surface area (TPSA) is 104 Å². The quantitative estimate of drug-likeness (QED) is 0.406. The molecule has 0 aliphatic carbocycles. The second-order valence-corrected chi connectivity index (χ2v) is 8.44. The Balaban J connectivity index is 1.30. The summed E-state index contributed by atoms with van der Waals surface area (Å²) in [5, 5.41) is 14.8. The molecule has 9 heteroatoms. The lowest BCUT2D eigenvalue weighted by Crippen LogP contribution is -2.58. The van der Waals surface area contributed by atoms with Crippen LogP contribution >= 0.6 is 0 Å². The number of nitroso groups, excluding NO2 is 1. The Bertz CT molecular complexity index is 1450. The number of imidazole rings is 1. The number of anilines is 3. The van der Waals surface area contributed by atoms with E-state index >= 15 is 0 Å². The Morgan fingerprint density at radius 1 is 1.09 bits per heavy atom. The van der Waals surface area contributed by atoms with Crippen LogP contribution in [0.4, 0.5) is 17.2 Å². The van der Waals surface area contributed by atoms with E-state index in [4.69, 9.17) is 0 Å². The minimum absolute atomic E-state index is 0.497. The van der Waals surface area contributed by atoms with Gasteiger partial charge in [0.1, 0.15) is 11.4 Å². The van der Waals surface area contributed by atoms with E-state index < -0.39 is 5.54 Å². The zero-order chi connectivity index (χ0) is 21.7. The van der Waals surface area contributed by atoms with Crippen LogP contribution in [0.15, 0.2) is 72.6 Å². The van der Waals surface area contributed by atoms with Crippen LogP contribution < -0.4 is 10.2 Å². The third-order valence-corrected chi connectivity index (χ3v) is 5.92. The van der Waals surface area contributed by atoms with Gasteiger partial charge in [-0.3, -0.25) is 5.10 Å². The Morgan fingerprint density at radius 2 is 2.00 bits per heavy atom. The molecular weight excluding hydrogens is 404 g/mol. The molecule has 1 saturated heterocycles. The molecular formula is C23H20N8O. The summed E-state index contributed by atoms with van der Waals surface area (Å²) in [5.41, 5.74) is 5.27. The normalized spacial score (nSPS) is 15.1. The number of aromatic amines is 1. The minimum Gasteiger partial charge on any atom is -0.365 e. The maximum Gasteiger partial charge on any atom is 0.160 e. The summed E-state index contributed by atoms with van der Waals surface area (Å²) in [7, 11) is 0. The van der Waals surface area contributed by atoms with Gasteiger partial charge in [0.15, 0.2) is 5.65 Å². The van der Waals surface area contributed by atoms with Gasteiger partial charge in [-0.15, -0.1) is 0 Å². The van der Waals surface area contributed by atoms with E-state index in [1.54, 1.807) is 6.20 Å². The molecule has 1 aliphatic heterocycles. The molecule has 4 aromatic heterocycles. The van der Waals surface area contributed by atoms with Crippen molar-refractivity contribution in [2.45, 2.75) is 12.5 Å². The lowest BCUT2D eigenvalue weighted by Gasteiger charge is -2.44. The first kappa shape index (κ1) is 18.5. The predicted molar refractivity (Wildman–Crippen MR) is 124 cm³/mol. The standard InChI is InChI=1S/C23H20N8O/c1-23(29-32)13-31(14-23)18-4-5-21(25-11-18)27-20-9-17(12-30-7-6-24-22(20)30)15-2-3-16-10-26-28-19(16)8-15/h2-12H,13-14H2,1H3,(H,25,27)(H,26,28). The minimum atomic E-state index is -0.497. The number of fused-ring (bicyclic) bond motifs is 2. The summed E-state index contributed by atoms with van der Waals surface area (Å²) in [6, 6.07) is 12.2. The van der Waals surface area contributed by atoms with Crippen LogP contribution in [-0.4, -0.2) is 43.2 Å². The molecule has 1 fully saturated rings. The van der Waals surface area contributed by atoms with Crippen LogP contribution in [0.25, 0.3) is 27.7 Å². The largest absolute Gasteiger partial charge is 0.365 e. The van der Waals surface area contributed by atoms with E-state index in [0.29, 0.717) is 13.1 Å². The third-order valence-electron chi connectivity index (χ3n) is 5.92. The van der Waals surface area contributed by atoms with Gasteiger partial charge in [0.2, 0.25) is 0 Å². The second-order valence-electron chi connectivity index (χ2n) is 8.44. The van der Waals surface area contributed by atoms with Crippen LogP contribution in [0.5, 0.6) is 0 Å². The molecule has 5 aromatic rings. The smallest absolute Gasteiger partial charge is 0.160 e. The van der Waals surface area contributed by atoms with Gasteiger partial charge in [-0.1, -0.05) is 17.3 Å². The number of benzene rings is 1. The molecule has 1 aliphatic rings. The first-order valence-corrected chi connectivity index (χ1v) is 10.3. The van der Waals surface area contributed by atoms with Crippen LogP contribution in [-0.2, 0) is 0 Å². The van der Waals surface area contributed by atoms with Crippen LogP contribution in [0.3, 0.4) is 0 Å². The SMILES string of the molecule is CC1(N=O)CN(c2ccc(Nc3cc(-c4ccc5cn[nH]c5c4)cn4ccnc34)nc2)C1. The number of nitrogens with zero attached hydrogens (tertiary/aromatic N) is 6.